The van der Waals surface area contributed by atoms with E-state index in [1.54, 1.807) is 24.3 Å². The first-order valence-corrected chi connectivity index (χ1v) is 6.90. The normalized spacial score (nSPS) is 19.4. The Labute approximate surface area is 118 Å². The molecule has 4 heteroatoms. The Morgan fingerprint density at radius 3 is 3.05 bits per heavy atom. The number of rotatable bonds is 5. The maximum absolute atomic E-state index is 11.7. The molecule has 2 N–H and O–H groups in total. The summed E-state index contributed by atoms with van der Waals surface area (Å²) in [7, 11) is 0. The Kier molecular flexibility index (Phi) is 5.00. The lowest BCUT2D eigenvalue weighted by Gasteiger charge is -2.13. The van der Waals surface area contributed by atoms with Crippen molar-refractivity contribution in [2.45, 2.75) is 25.4 Å². The minimum Gasteiger partial charge on any atom is -0.387 e. The molecular formula is C15H18ClNO2. The lowest BCUT2D eigenvalue weighted by atomic mass is 10.0. The van der Waals surface area contributed by atoms with E-state index >= 15 is 0 Å². The minimum absolute atomic E-state index is 0.0161. The number of allylic oxidation sites excluding steroid dienone is 2. The summed E-state index contributed by atoms with van der Waals surface area (Å²) in [6.07, 6.45) is 6.08. The predicted octanol–water partition coefficient (Wildman–Crippen LogP) is 2.85. The van der Waals surface area contributed by atoms with Gasteiger partial charge in [0.15, 0.2) is 0 Å². The van der Waals surface area contributed by atoms with Gasteiger partial charge in [-0.2, -0.15) is 0 Å². The Balaban J connectivity index is 1.78. The van der Waals surface area contributed by atoms with E-state index in [-0.39, 0.29) is 12.5 Å². The van der Waals surface area contributed by atoms with Gasteiger partial charge < -0.3 is 10.4 Å². The molecule has 0 saturated carbocycles. The van der Waals surface area contributed by atoms with E-state index in [1.807, 2.05) is 0 Å². The van der Waals surface area contributed by atoms with Gasteiger partial charge >= 0.3 is 0 Å². The van der Waals surface area contributed by atoms with E-state index in [1.165, 1.54) is 0 Å². The molecule has 0 aromatic heterocycles. The number of aliphatic hydroxyl groups excluding tert-OH is 1. The molecule has 19 heavy (non-hydrogen) atoms. The van der Waals surface area contributed by atoms with Crippen LogP contribution in [0.4, 0.5) is 0 Å². The van der Waals surface area contributed by atoms with Crippen molar-refractivity contribution in [3.05, 3.63) is 47.0 Å². The van der Waals surface area contributed by atoms with Crippen LogP contribution < -0.4 is 5.32 Å². The van der Waals surface area contributed by atoms with Crippen molar-refractivity contribution in [2.24, 2.45) is 5.92 Å². The molecule has 0 bridgehead atoms. The minimum atomic E-state index is -0.721. The first-order chi connectivity index (χ1) is 9.15. The van der Waals surface area contributed by atoms with E-state index in [0.29, 0.717) is 22.9 Å². The highest BCUT2D eigenvalue weighted by molar-refractivity contribution is 6.30. The SMILES string of the molecule is O=C(C[C@@H]1C=CCC1)NC[C@@H](O)c1cccc(Cl)c1. The number of halogens is 1. The zero-order valence-electron chi connectivity index (χ0n) is 10.7. The number of carbonyl (C=O) groups is 1. The lowest BCUT2D eigenvalue weighted by molar-refractivity contribution is -0.122. The second-order valence-electron chi connectivity index (χ2n) is 4.84. The predicted molar refractivity (Wildman–Crippen MR) is 75.9 cm³/mol. The monoisotopic (exact) mass is 279 g/mol. The molecule has 2 atom stereocenters. The van der Waals surface area contributed by atoms with Gasteiger partial charge in [0.05, 0.1) is 6.10 Å². The number of benzene rings is 1. The summed E-state index contributed by atoms with van der Waals surface area (Å²) >= 11 is 5.86. The molecule has 0 fully saturated rings. The third-order valence-corrected chi connectivity index (χ3v) is 3.52. The number of carbonyl (C=O) groups excluding carboxylic acids is 1. The fraction of sp³-hybridized carbons (Fsp3) is 0.400. The molecule has 1 aromatic rings. The van der Waals surface area contributed by atoms with Crippen LogP contribution in [0.5, 0.6) is 0 Å². The Hall–Kier alpha value is -1.32. The van der Waals surface area contributed by atoms with Crippen LogP contribution in [0, 0.1) is 5.92 Å². The highest BCUT2D eigenvalue weighted by Gasteiger charge is 2.15. The molecule has 0 aliphatic heterocycles. The maximum atomic E-state index is 11.7. The molecule has 0 radical (unpaired) electrons. The van der Waals surface area contributed by atoms with Crippen molar-refractivity contribution >= 4 is 17.5 Å². The summed E-state index contributed by atoms with van der Waals surface area (Å²) in [5, 5.41) is 13.3. The van der Waals surface area contributed by atoms with E-state index in [9.17, 15) is 9.90 Å². The highest BCUT2D eigenvalue weighted by Crippen LogP contribution is 2.20. The van der Waals surface area contributed by atoms with Crippen LogP contribution in [0.25, 0.3) is 0 Å². The summed E-state index contributed by atoms with van der Waals surface area (Å²) in [5.74, 6) is 0.334. The number of hydrogen-bond donors (Lipinski definition) is 2. The molecule has 3 nitrogen and oxygen atoms in total. The molecule has 1 aliphatic carbocycles. The Morgan fingerprint density at radius 1 is 1.53 bits per heavy atom. The van der Waals surface area contributed by atoms with Gasteiger partial charge in [0.2, 0.25) is 5.91 Å². The Bertz CT molecular complexity index is 473. The molecule has 0 heterocycles. The average molecular weight is 280 g/mol. The summed E-state index contributed by atoms with van der Waals surface area (Å²) in [4.78, 5) is 11.7. The Morgan fingerprint density at radius 2 is 2.37 bits per heavy atom. The smallest absolute Gasteiger partial charge is 0.220 e. The molecule has 0 spiro atoms. The molecule has 0 saturated heterocycles. The second-order valence-corrected chi connectivity index (χ2v) is 5.28. The first-order valence-electron chi connectivity index (χ1n) is 6.52. The number of nitrogens with one attached hydrogen (secondary N) is 1. The van der Waals surface area contributed by atoms with Gasteiger partial charge in [-0.15, -0.1) is 0 Å². The fourth-order valence-corrected chi connectivity index (χ4v) is 2.42. The third kappa shape index (κ3) is 4.37. The van der Waals surface area contributed by atoms with E-state index in [2.05, 4.69) is 17.5 Å². The number of aliphatic hydroxyl groups is 1. The van der Waals surface area contributed by atoms with E-state index < -0.39 is 6.10 Å². The summed E-state index contributed by atoms with van der Waals surface area (Å²) < 4.78 is 0. The fourth-order valence-electron chi connectivity index (χ4n) is 2.22. The van der Waals surface area contributed by atoms with Crippen molar-refractivity contribution in [3.8, 4) is 0 Å². The molecule has 1 aliphatic rings. The highest BCUT2D eigenvalue weighted by atomic mass is 35.5. The van der Waals surface area contributed by atoms with Crippen LogP contribution >= 0.6 is 11.6 Å². The molecule has 1 aromatic carbocycles. The topological polar surface area (TPSA) is 49.3 Å². The van der Waals surface area contributed by atoms with Gasteiger partial charge in [0, 0.05) is 18.0 Å². The molecular weight excluding hydrogens is 262 g/mol. The summed E-state index contributed by atoms with van der Waals surface area (Å²) in [5.41, 5.74) is 0.716. The van der Waals surface area contributed by atoms with Crippen LogP contribution in [0.3, 0.4) is 0 Å². The van der Waals surface area contributed by atoms with Crippen LogP contribution in [-0.4, -0.2) is 17.6 Å². The van der Waals surface area contributed by atoms with Crippen LogP contribution in [-0.2, 0) is 4.79 Å². The summed E-state index contributed by atoms with van der Waals surface area (Å²) in [6.45, 7) is 0.218. The zero-order chi connectivity index (χ0) is 13.7. The van der Waals surface area contributed by atoms with Crippen molar-refractivity contribution in [2.75, 3.05) is 6.54 Å². The van der Waals surface area contributed by atoms with Crippen molar-refractivity contribution < 1.29 is 9.90 Å². The second kappa shape index (κ2) is 6.73. The molecule has 0 unspecified atom stereocenters. The van der Waals surface area contributed by atoms with Gasteiger partial charge in [-0.1, -0.05) is 35.9 Å². The third-order valence-electron chi connectivity index (χ3n) is 3.29. The van der Waals surface area contributed by atoms with Crippen LogP contribution in [0.15, 0.2) is 36.4 Å². The van der Waals surface area contributed by atoms with Gasteiger partial charge in [0.25, 0.3) is 0 Å². The zero-order valence-corrected chi connectivity index (χ0v) is 11.4. The van der Waals surface area contributed by atoms with Gasteiger partial charge in [-0.05, 0) is 36.5 Å². The van der Waals surface area contributed by atoms with Crippen LogP contribution in [0.1, 0.15) is 30.9 Å². The van der Waals surface area contributed by atoms with Crippen molar-refractivity contribution in [3.63, 3.8) is 0 Å². The molecule has 102 valence electrons. The van der Waals surface area contributed by atoms with Crippen LogP contribution in [0.2, 0.25) is 5.02 Å². The van der Waals surface area contributed by atoms with Gasteiger partial charge in [-0.3, -0.25) is 4.79 Å². The first kappa shape index (κ1) is 14.1. The quantitative estimate of drug-likeness (QED) is 0.814. The van der Waals surface area contributed by atoms with Gasteiger partial charge in [-0.25, -0.2) is 0 Å². The standard InChI is InChI=1S/C15H18ClNO2/c16-13-7-3-6-12(9-13)14(18)10-17-15(19)8-11-4-1-2-5-11/h1,3-4,6-7,9,11,14,18H,2,5,8,10H2,(H,17,19)/t11-,14-/m1/s1. The maximum Gasteiger partial charge on any atom is 0.220 e. The largest absolute Gasteiger partial charge is 0.387 e. The van der Waals surface area contributed by atoms with E-state index in [0.717, 1.165) is 12.8 Å². The van der Waals surface area contributed by atoms with Crippen molar-refractivity contribution in [1.29, 1.82) is 0 Å². The van der Waals surface area contributed by atoms with Gasteiger partial charge in [0.1, 0.15) is 0 Å². The summed E-state index contributed by atoms with van der Waals surface area (Å²) in [6, 6.07) is 7.04. The molecule has 2 rings (SSSR count). The number of amides is 1. The lowest BCUT2D eigenvalue weighted by Crippen LogP contribution is -2.29. The number of hydrogen-bond acceptors (Lipinski definition) is 2. The van der Waals surface area contributed by atoms with Crippen molar-refractivity contribution in [1.82, 2.24) is 5.32 Å². The average Bonchev–Trinajstić information content (AvgIpc) is 2.88. The molecule has 1 amide bonds. The van der Waals surface area contributed by atoms with E-state index in [4.69, 9.17) is 11.6 Å².